The summed E-state index contributed by atoms with van der Waals surface area (Å²) in [7, 11) is 0. The summed E-state index contributed by atoms with van der Waals surface area (Å²) in [6.45, 7) is 0. The van der Waals surface area contributed by atoms with Crippen molar-refractivity contribution >= 4 is 29.1 Å². The van der Waals surface area contributed by atoms with Crippen molar-refractivity contribution < 1.29 is 4.79 Å². The second-order valence-electron chi connectivity index (χ2n) is 5.25. The van der Waals surface area contributed by atoms with Gasteiger partial charge in [0.25, 0.3) is 5.91 Å². The summed E-state index contributed by atoms with van der Waals surface area (Å²) < 4.78 is 0. The largest absolute Gasteiger partial charge is 0.348 e. The summed E-state index contributed by atoms with van der Waals surface area (Å²) >= 11 is 12.0. The number of halogens is 2. The molecule has 0 bridgehead atoms. The lowest BCUT2D eigenvalue weighted by Crippen LogP contribution is -2.32. The van der Waals surface area contributed by atoms with Crippen molar-refractivity contribution in [3.05, 3.63) is 40.0 Å². The zero-order chi connectivity index (χ0) is 14.8. The quantitative estimate of drug-likeness (QED) is 0.895. The molecule has 4 nitrogen and oxygen atoms in total. The molecule has 1 fully saturated rings. The van der Waals surface area contributed by atoms with Crippen LogP contribution in [0.1, 0.15) is 36.2 Å². The first-order valence-corrected chi connectivity index (χ1v) is 7.71. The highest BCUT2D eigenvalue weighted by molar-refractivity contribution is 6.36. The lowest BCUT2D eigenvalue weighted by Gasteiger charge is -2.10. The Hall–Kier alpha value is -1.52. The van der Waals surface area contributed by atoms with Crippen molar-refractivity contribution in [3.63, 3.8) is 0 Å². The summed E-state index contributed by atoms with van der Waals surface area (Å²) in [5.41, 5.74) is 1.83. The number of aromatic amines is 1. The maximum atomic E-state index is 12.1. The minimum Gasteiger partial charge on any atom is -0.348 e. The molecule has 1 aromatic heterocycles. The zero-order valence-electron chi connectivity index (χ0n) is 11.3. The Kier molecular flexibility index (Phi) is 4.17. The van der Waals surface area contributed by atoms with Crippen LogP contribution in [0.3, 0.4) is 0 Å². The standard InChI is InChI=1S/C15H15Cl2N3O/c16-9-5-6-11(12(17)7-9)13-8-14(20-19-13)15(21)18-10-3-1-2-4-10/h5-8,10H,1-4H2,(H,18,21)(H,19,20). The molecule has 0 radical (unpaired) electrons. The van der Waals surface area contributed by atoms with Crippen molar-refractivity contribution in [3.8, 4) is 11.3 Å². The monoisotopic (exact) mass is 323 g/mol. The second kappa shape index (κ2) is 6.08. The van der Waals surface area contributed by atoms with E-state index >= 15 is 0 Å². The van der Waals surface area contributed by atoms with Gasteiger partial charge in [-0.15, -0.1) is 0 Å². The molecule has 1 heterocycles. The van der Waals surface area contributed by atoms with Crippen LogP contribution >= 0.6 is 23.2 Å². The summed E-state index contributed by atoms with van der Waals surface area (Å²) in [6.07, 6.45) is 4.46. The Bertz CT molecular complexity index is 663. The van der Waals surface area contributed by atoms with Gasteiger partial charge in [-0.1, -0.05) is 36.0 Å². The maximum absolute atomic E-state index is 12.1. The molecule has 21 heavy (non-hydrogen) atoms. The van der Waals surface area contributed by atoms with E-state index in [9.17, 15) is 4.79 Å². The highest BCUT2D eigenvalue weighted by Gasteiger charge is 2.19. The summed E-state index contributed by atoms with van der Waals surface area (Å²) in [4.78, 5) is 12.1. The second-order valence-corrected chi connectivity index (χ2v) is 6.09. The van der Waals surface area contributed by atoms with E-state index in [1.54, 1.807) is 24.3 Å². The van der Waals surface area contributed by atoms with Crippen LogP contribution in [0, 0.1) is 0 Å². The average molecular weight is 324 g/mol. The van der Waals surface area contributed by atoms with Gasteiger partial charge in [-0.3, -0.25) is 9.89 Å². The molecule has 1 amide bonds. The smallest absolute Gasteiger partial charge is 0.269 e. The van der Waals surface area contributed by atoms with E-state index in [4.69, 9.17) is 23.2 Å². The first kappa shape index (κ1) is 14.4. The van der Waals surface area contributed by atoms with Crippen LogP contribution in [0.5, 0.6) is 0 Å². The SMILES string of the molecule is O=C(NC1CCCC1)c1cc(-c2ccc(Cl)cc2Cl)n[nH]1. The number of benzene rings is 1. The first-order chi connectivity index (χ1) is 10.1. The van der Waals surface area contributed by atoms with E-state index in [0.29, 0.717) is 21.4 Å². The minimum atomic E-state index is -0.120. The Morgan fingerprint density at radius 3 is 2.71 bits per heavy atom. The van der Waals surface area contributed by atoms with Gasteiger partial charge in [0.2, 0.25) is 0 Å². The Labute approximate surface area is 132 Å². The van der Waals surface area contributed by atoms with Crippen LogP contribution in [0.25, 0.3) is 11.3 Å². The Morgan fingerprint density at radius 1 is 1.24 bits per heavy atom. The third kappa shape index (κ3) is 3.22. The summed E-state index contributed by atoms with van der Waals surface area (Å²) in [5, 5.41) is 11.0. The number of hydrogen-bond acceptors (Lipinski definition) is 2. The molecule has 1 aromatic carbocycles. The molecule has 1 aliphatic rings. The third-order valence-corrected chi connectivity index (χ3v) is 4.27. The van der Waals surface area contributed by atoms with Crippen molar-refractivity contribution in [1.82, 2.24) is 15.5 Å². The van der Waals surface area contributed by atoms with Crippen molar-refractivity contribution in [1.29, 1.82) is 0 Å². The van der Waals surface area contributed by atoms with Gasteiger partial charge in [-0.05, 0) is 37.1 Å². The summed E-state index contributed by atoms with van der Waals surface area (Å²) in [5.74, 6) is -0.120. The van der Waals surface area contributed by atoms with Crippen LogP contribution < -0.4 is 5.32 Å². The number of aromatic nitrogens is 2. The molecule has 0 unspecified atom stereocenters. The molecule has 2 N–H and O–H groups in total. The van der Waals surface area contributed by atoms with E-state index < -0.39 is 0 Å². The average Bonchev–Trinajstić information content (AvgIpc) is 3.09. The Morgan fingerprint density at radius 2 is 2.00 bits per heavy atom. The third-order valence-electron chi connectivity index (χ3n) is 3.72. The molecule has 0 saturated heterocycles. The van der Waals surface area contributed by atoms with Gasteiger partial charge in [0.1, 0.15) is 5.69 Å². The highest BCUT2D eigenvalue weighted by Crippen LogP contribution is 2.29. The molecule has 6 heteroatoms. The van der Waals surface area contributed by atoms with Crippen molar-refractivity contribution in [2.75, 3.05) is 0 Å². The van der Waals surface area contributed by atoms with Gasteiger partial charge in [-0.25, -0.2) is 0 Å². The van der Waals surface area contributed by atoms with E-state index in [0.717, 1.165) is 18.4 Å². The predicted molar refractivity (Wildman–Crippen MR) is 83.8 cm³/mol. The van der Waals surface area contributed by atoms with Crippen molar-refractivity contribution in [2.45, 2.75) is 31.7 Å². The van der Waals surface area contributed by atoms with Crippen LogP contribution in [-0.4, -0.2) is 22.1 Å². The molecule has 0 aliphatic heterocycles. The van der Waals surface area contributed by atoms with Crippen LogP contribution in [0.4, 0.5) is 0 Å². The molecular weight excluding hydrogens is 309 g/mol. The Balaban J connectivity index is 1.77. The molecule has 0 atom stereocenters. The van der Waals surface area contributed by atoms with Crippen LogP contribution in [0.2, 0.25) is 10.0 Å². The molecule has 0 spiro atoms. The number of amides is 1. The number of carbonyl (C=O) groups is 1. The molecule has 1 saturated carbocycles. The number of nitrogens with one attached hydrogen (secondary N) is 2. The molecule has 1 aliphatic carbocycles. The minimum absolute atomic E-state index is 0.120. The fraction of sp³-hybridized carbons (Fsp3) is 0.333. The number of carbonyl (C=O) groups excluding carboxylic acids is 1. The van der Waals surface area contributed by atoms with E-state index in [-0.39, 0.29) is 11.9 Å². The highest BCUT2D eigenvalue weighted by atomic mass is 35.5. The van der Waals surface area contributed by atoms with E-state index in [1.807, 2.05) is 0 Å². The predicted octanol–water partition coefficient (Wildman–Crippen LogP) is 4.06. The van der Waals surface area contributed by atoms with Gasteiger partial charge >= 0.3 is 0 Å². The molecule has 2 aromatic rings. The normalized spacial score (nSPS) is 15.3. The van der Waals surface area contributed by atoms with Crippen LogP contribution in [0.15, 0.2) is 24.3 Å². The molecular formula is C15H15Cl2N3O. The number of nitrogens with zero attached hydrogens (tertiary/aromatic N) is 1. The summed E-state index contributed by atoms with van der Waals surface area (Å²) in [6, 6.07) is 7.18. The van der Waals surface area contributed by atoms with Crippen LogP contribution in [-0.2, 0) is 0 Å². The van der Waals surface area contributed by atoms with Gasteiger partial charge in [-0.2, -0.15) is 5.10 Å². The van der Waals surface area contributed by atoms with Gasteiger partial charge < -0.3 is 5.32 Å². The van der Waals surface area contributed by atoms with Gasteiger partial charge in [0.15, 0.2) is 0 Å². The van der Waals surface area contributed by atoms with E-state index in [1.165, 1.54) is 12.8 Å². The van der Waals surface area contributed by atoms with Gasteiger partial charge in [0.05, 0.1) is 10.7 Å². The number of hydrogen-bond donors (Lipinski definition) is 2. The zero-order valence-corrected chi connectivity index (χ0v) is 12.8. The van der Waals surface area contributed by atoms with Crippen molar-refractivity contribution in [2.24, 2.45) is 0 Å². The topological polar surface area (TPSA) is 57.8 Å². The lowest BCUT2D eigenvalue weighted by molar-refractivity contribution is 0.0933. The maximum Gasteiger partial charge on any atom is 0.269 e. The fourth-order valence-electron chi connectivity index (χ4n) is 2.61. The van der Waals surface area contributed by atoms with E-state index in [2.05, 4.69) is 15.5 Å². The first-order valence-electron chi connectivity index (χ1n) is 6.95. The lowest BCUT2D eigenvalue weighted by atomic mass is 10.1. The number of H-pyrrole nitrogens is 1. The molecule has 110 valence electrons. The molecule has 3 rings (SSSR count). The number of rotatable bonds is 3. The van der Waals surface area contributed by atoms with Gasteiger partial charge in [0, 0.05) is 16.6 Å². The fourth-order valence-corrected chi connectivity index (χ4v) is 3.11.